The minimum atomic E-state index is -0.510. The van der Waals surface area contributed by atoms with E-state index in [1.54, 1.807) is 6.20 Å². The highest BCUT2D eigenvalue weighted by molar-refractivity contribution is 5.27. The lowest BCUT2D eigenvalue weighted by atomic mass is 9.90. The Hall–Kier alpha value is -1.85. The molecule has 1 heterocycles. The van der Waals surface area contributed by atoms with E-state index in [0.717, 1.165) is 36.4 Å². The molecule has 0 spiro atoms. The van der Waals surface area contributed by atoms with Gasteiger partial charge in [0.2, 0.25) is 0 Å². The van der Waals surface area contributed by atoms with Crippen molar-refractivity contribution in [3.05, 3.63) is 48.0 Å². The van der Waals surface area contributed by atoms with Gasteiger partial charge in [0, 0.05) is 25.5 Å². The molecule has 1 aromatic heterocycles. The van der Waals surface area contributed by atoms with Crippen molar-refractivity contribution < 1.29 is 9.84 Å². The molecule has 0 radical (unpaired) electrons. The predicted octanol–water partition coefficient (Wildman–Crippen LogP) is 2.18. The predicted molar refractivity (Wildman–Crippen MR) is 89.3 cm³/mol. The third-order valence-electron chi connectivity index (χ3n) is 4.52. The lowest BCUT2D eigenvalue weighted by molar-refractivity contribution is -0.0159. The van der Waals surface area contributed by atoms with E-state index < -0.39 is 6.10 Å². The molecule has 1 aliphatic carbocycles. The van der Waals surface area contributed by atoms with Gasteiger partial charge in [-0.1, -0.05) is 12.1 Å². The van der Waals surface area contributed by atoms with E-state index in [2.05, 4.69) is 10.3 Å². The summed E-state index contributed by atoms with van der Waals surface area (Å²) in [5, 5.41) is 14.1. The van der Waals surface area contributed by atoms with E-state index in [-0.39, 0.29) is 12.1 Å². The molecule has 0 unspecified atom stereocenters. The molecule has 5 nitrogen and oxygen atoms in total. The van der Waals surface area contributed by atoms with Crippen LogP contribution in [0.2, 0.25) is 0 Å². The molecule has 1 aliphatic rings. The molecule has 0 amide bonds. The number of aromatic nitrogens is 2. The fraction of sp³-hybridized carbons (Fsp3) is 0.500. The first-order chi connectivity index (χ1) is 11.1. The van der Waals surface area contributed by atoms with Crippen LogP contribution in [0.3, 0.4) is 0 Å². The van der Waals surface area contributed by atoms with Gasteiger partial charge in [-0.2, -0.15) is 0 Å². The number of imidazole rings is 1. The highest BCUT2D eigenvalue weighted by Crippen LogP contribution is 2.25. The van der Waals surface area contributed by atoms with Crippen LogP contribution in [0.4, 0.5) is 0 Å². The van der Waals surface area contributed by atoms with E-state index in [1.807, 2.05) is 49.0 Å². The highest BCUT2D eigenvalue weighted by atomic mass is 16.5. The van der Waals surface area contributed by atoms with Gasteiger partial charge in [-0.05, 0) is 43.9 Å². The van der Waals surface area contributed by atoms with E-state index in [0.29, 0.717) is 6.54 Å². The molecule has 2 aromatic rings. The maximum absolute atomic E-state index is 10.6. The third-order valence-corrected chi connectivity index (χ3v) is 4.52. The molecule has 3 atom stereocenters. The number of hydrogen-bond acceptors (Lipinski definition) is 4. The van der Waals surface area contributed by atoms with Crippen LogP contribution in [-0.2, 0) is 13.6 Å². The number of aliphatic hydroxyl groups excluding tert-OH is 1. The third kappa shape index (κ3) is 3.92. The first kappa shape index (κ1) is 16.0. The van der Waals surface area contributed by atoms with Crippen LogP contribution in [0.25, 0.3) is 0 Å². The largest absolute Gasteiger partial charge is 0.488 e. The Morgan fingerprint density at radius 2 is 2.26 bits per heavy atom. The molecule has 0 aliphatic heterocycles. The summed E-state index contributed by atoms with van der Waals surface area (Å²) in [6, 6.07) is 8.02. The fourth-order valence-corrected chi connectivity index (χ4v) is 3.14. The Kier molecular flexibility index (Phi) is 4.98. The second-order valence-electron chi connectivity index (χ2n) is 6.34. The minimum Gasteiger partial charge on any atom is -0.488 e. The van der Waals surface area contributed by atoms with Crippen LogP contribution in [-0.4, -0.2) is 32.9 Å². The quantitative estimate of drug-likeness (QED) is 0.888. The lowest BCUT2D eigenvalue weighted by Gasteiger charge is -2.35. The molecular formula is C18H25N3O2. The minimum absolute atomic E-state index is 0.0373. The van der Waals surface area contributed by atoms with Gasteiger partial charge >= 0.3 is 0 Å². The van der Waals surface area contributed by atoms with Crippen LogP contribution in [0.15, 0.2) is 36.7 Å². The number of benzene rings is 1. The zero-order chi connectivity index (χ0) is 16.2. The van der Waals surface area contributed by atoms with Crippen molar-refractivity contribution in [3.8, 4) is 5.75 Å². The standard InChI is InChI=1S/C18H25N3O2/c1-13-5-3-6-14(11-13)23-16-8-4-7-15(18(16)22)20-12-17-19-9-10-21(17)2/h3,5-6,9-11,15-16,18,20,22H,4,7-8,12H2,1-2H3/t15-,16+,18+/m0/s1. The summed E-state index contributed by atoms with van der Waals surface area (Å²) in [4.78, 5) is 4.31. The molecule has 1 fully saturated rings. The molecule has 2 N–H and O–H groups in total. The summed E-state index contributed by atoms with van der Waals surface area (Å²) < 4.78 is 8.02. The molecule has 1 aromatic carbocycles. The second kappa shape index (κ2) is 7.15. The molecule has 124 valence electrons. The van der Waals surface area contributed by atoms with E-state index in [9.17, 15) is 5.11 Å². The Morgan fingerprint density at radius 1 is 1.39 bits per heavy atom. The summed E-state index contributed by atoms with van der Waals surface area (Å²) in [6.45, 7) is 2.70. The number of nitrogens with one attached hydrogen (secondary N) is 1. The number of rotatable bonds is 5. The Bertz CT molecular complexity index is 641. The maximum Gasteiger partial charge on any atom is 0.126 e. The van der Waals surface area contributed by atoms with E-state index in [4.69, 9.17) is 4.74 Å². The van der Waals surface area contributed by atoms with Crippen molar-refractivity contribution in [2.45, 2.75) is 51.0 Å². The first-order valence-electron chi connectivity index (χ1n) is 8.24. The van der Waals surface area contributed by atoms with Crippen LogP contribution in [0, 0.1) is 6.92 Å². The molecule has 3 rings (SSSR count). The van der Waals surface area contributed by atoms with Crippen LogP contribution >= 0.6 is 0 Å². The van der Waals surface area contributed by atoms with Crippen molar-refractivity contribution in [3.63, 3.8) is 0 Å². The molecule has 5 heteroatoms. The van der Waals surface area contributed by atoms with Crippen molar-refractivity contribution in [2.75, 3.05) is 0 Å². The van der Waals surface area contributed by atoms with Gasteiger partial charge in [0.05, 0.1) is 6.54 Å². The van der Waals surface area contributed by atoms with Crippen molar-refractivity contribution in [1.82, 2.24) is 14.9 Å². The van der Waals surface area contributed by atoms with Gasteiger partial charge < -0.3 is 19.7 Å². The Labute approximate surface area is 137 Å². The average Bonchev–Trinajstić information content (AvgIpc) is 2.93. The van der Waals surface area contributed by atoms with E-state index in [1.165, 1.54) is 0 Å². The summed E-state index contributed by atoms with van der Waals surface area (Å²) in [5.74, 6) is 1.80. The van der Waals surface area contributed by atoms with Crippen LogP contribution in [0.1, 0.15) is 30.7 Å². The molecule has 0 saturated heterocycles. The highest BCUT2D eigenvalue weighted by Gasteiger charge is 2.33. The number of hydrogen-bond donors (Lipinski definition) is 2. The topological polar surface area (TPSA) is 59.3 Å². The van der Waals surface area contributed by atoms with Crippen molar-refractivity contribution >= 4 is 0 Å². The number of ether oxygens (including phenoxy) is 1. The average molecular weight is 315 g/mol. The van der Waals surface area contributed by atoms with E-state index >= 15 is 0 Å². The first-order valence-corrected chi connectivity index (χ1v) is 8.24. The second-order valence-corrected chi connectivity index (χ2v) is 6.34. The van der Waals surface area contributed by atoms with Gasteiger partial charge in [0.1, 0.15) is 23.8 Å². The fourth-order valence-electron chi connectivity index (χ4n) is 3.14. The van der Waals surface area contributed by atoms with Gasteiger partial charge in [0.25, 0.3) is 0 Å². The van der Waals surface area contributed by atoms with Gasteiger partial charge in [-0.25, -0.2) is 4.98 Å². The number of aliphatic hydroxyl groups is 1. The normalized spacial score (nSPS) is 24.6. The van der Waals surface area contributed by atoms with Crippen LogP contribution in [0.5, 0.6) is 5.75 Å². The number of nitrogens with zero attached hydrogens (tertiary/aromatic N) is 2. The van der Waals surface area contributed by atoms with Crippen LogP contribution < -0.4 is 10.1 Å². The zero-order valence-electron chi connectivity index (χ0n) is 13.8. The molecule has 0 bridgehead atoms. The van der Waals surface area contributed by atoms with Crippen molar-refractivity contribution in [1.29, 1.82) is 0 Å². The Balaban J connectivity index is 1.59. The summed E-state index contributed by atoms with van der Waals surface area (Å²) in [5.41, 5.74) is 1.16. The maximum atomic E-state index is 10.6. The lowest BCUT2D eigenvalue weighted by Crippen LogP contribution is -2.51. The zero-order valence-corrected chi connectivity index (χ0v) is 13.8. The summed E-state index contributed by atoms with van der Waals surface area (Å²) >= 11 is 0. The van der Waals surface area contributed by atoms with Crippen molar-refractivity contribution in [2.24, 2.45) is 7.05 Å². The molecule has 23 heavy (non-hydrogen) atoms. The molecule has 1 saturated carbocycles. The smallest absolute Gasteiger partial charge is 0.126 e. The summed E-state index contributed by atoms with van der Waals surface area (Å²) in [7, 11) is 1.98. The molecular weight excluding hydrogens is 290 g/mol. The number of aryl methyl sites for hydroxylation is 2. The SMILES string of the molecule is Cc1cccc(O[C@@H]2CCC[C@H](NCc3nccn3C)[C@H]2O)c1. The van der Waals surface area contributed by atoms with Gasteiger partial charge in [0.15, 0.2) is 0 Å². The summed E-state index contributed by atoms with van der Waals surface area (Å²) in [6.07, 6.45) is 5.94. The van der Waals surface area contributed by atoms with Gasteiger partial charge in [-0.15, -0.1) is 0 Å². The Morgan fingerprint density at radius 3 is 3.00 bits per heavy atom. The van der Waals surface area contributed by atoms with Gasteiger partial charge in [-0.3, -0.25) is 0 Å². The monoisotopic (exact) mass is 315 g/mol.